The van der Waals surface area contributed by atoms with Crippen molar-refractivity contribution in [2.24, 2.45) is 10.9 Å². The number of rotatable bonds is 4. The molecule has 1 saturated carbocycles. The number of hydrogen-bond donors (Lipinski definition) is 0. The van der Waals surface area contributed by atoms with E-state index in [0.717, 1.165) is 42.5 Å². The Kier molecular flexibility index (Phi) is 6.12. The molecule has 6 rings (SSSR count). The number of Topliss-reactive ketones (excluding diaryl/α,β-unsaturated/α-hetero) is 1. The molecule has 2 aromatic carbocycles. The van der Waals surface area contributed by atoms with Gasteiger partial charge in [-0.05, 0) is 68.2 Å². The maximum Gasteiger partial charge on any atom is 0.315 e. The Morgan fingerprint density at radius 1 is 0.944 bits per heavy atom. The predicted molar refractivity (Wildman–Crippen MR) is 135 cm³/mol. The van der Waals surface area contributed by atoms with E-state index in [9.17, 15) is 9.59 Å². The first kappa shape index (κ1) is 23.0. The number of ketones is 1. The van der Waals surface area contributed by atoms with Gasteiger partial charge in [-0.25, -0.2) is 0 Å². The lowest BCUT2D eigenvalue weighted by atomic mass is 9.69. The standard InChI is InChI=1S/C30H31NO5/c1-18-27(30(33)36-22-10-6-3-7-11-22)28(20-12-13-25-26(16-20)35-17-34-25)29-23(31-18)14-21(15-24(29)32)19-8-4-2-5-9-19/h2,4-5,8-9,12-13,16,21-22,27-28H,3,6-7,10-11,14-15,17H2,1H3/t21-,27?,28-/m1/s1. The largest absolute Gasteiger partial charge is 0.462 e. The number of esters is 1. The lowest BCUT2D eigenvalue weighted by molar-refractivity contribution is -0.153. The normalized spacial score (nSPS) is 25.9. The quantitative estimate of drug-likeness (QED) is 0.507. The van der Waals surface area contributed by atoms with Crippen LogP contribution in [-0.2, 0) is 14.3 Å². The van der Waals surface area contributed by atoms with Gasteiger partial charge in [-0.2, -0.15) is 0 Å². The average Bonchev–Trinajstić information content (AvgIpc) is 3.37. The fourth-order valence-corrected chi connectivity index (χ4v) is 6.21. The molecule has 1 unspecified atom stereocenters. The first-order valence-electron chi connectivity index (χ1n) is 13.0. The summed E-state index contributed by atoms with van der Waals surface area (Å²) in [6.07, 6.45) is 6.16. The van der Waals surface area contributed by atoms with Crippen LogP contribution in [0.2, 0.25) is 0 Å². The predicted octanol–water partition coefficient (Wildman–Crippen LogP) is 5.87. The molecule has 0 amide bonds. The van der Waals surface area contributed by atoms with Crippen molar-refractivity contribution in [2.45, 2.75) is 69.8 Å². The minimum absolute atomic E-state index is 0.0551. The number of carbonyl (C=O) groups is 2. The molecular formula is C30H31NO5. The molecule has 0 aromatic heterocycles. The highest BCUT2D eigenvalue weighted by Crippen LogP contribution is 2.48. The van der Waals surface area contributed by atoms with Crippen molar-refractivity contribution < 1.29 is 23.8 Å². The Bertz CT molecular complexity index is 1240. The summed E-state index contributed by atoms with van der Waals surface area (Å²) in [5.74, 6) is 0.0804. The number of aliphatic imine (C=N–C) groups is 1. The molecule has 0 spiro atoms. The molecule has 1 fully saturated rings. The summed E-state index contributed by atoms with van der Waals surface area (Å²) in [6.45, 7) is 2.07. The van der Waals surface area contributed by atoms with Crippen LogP contribution in [0.4, 0.5) is 0 Å². The summed E-state index contributed by atoms with van der Waals surface area (Å²) < 4.78 is 17.2. The van der Waals surface area contributed by atoms with Gasteiger partial charge in [0.05, 0.1) is 0 Å². The van der Waals surface area contributed by atoms with Crippen molar-refractivity contribution in [1.29, 1.82) is 0 Å². The summed E-state index contributed by atoms with van der Waals surface area (Å²) in [7, 11) is 0. The zero-order valence-corrected chi connectivity index (χ0v) is 20.6. The molecule has 3 atom stereocenters. The zero-order chi connectivity index (χ0) is 24.6. The molecule has 0 saturated heterocycles. The van der Waals surface area contributed by atoms with E-state index in [1.807, 2.05) is 43.3 Å². The van der Waals surface area contributed by atoms with Crippen molar-refractivity contribution in [3.05, 3.63) is 70.9 Å². The van der Waals surface area contributed by atoms with E-state index in [0.29, 0.717) is 35.6 Å². The maximum absolute atomic E-state index is 13.8. The second-order valence-electron chi connectivity index (χ2n) is 10.3. The maximum atomic E-state index is 13.8. The van der Waals surface area contributed by atoms with Gasteiger partial charge in [-0.1, -0.05) is 42.8 Å². The summed E-state index contributed by atoms with van der Waals surface area (Å²) in [4.78, 5) is 32.3. The van der Waals surface area contributed by atoms with Crippen LogP contribution in [0.5, 0.6) is 11.5 Å². The molecule has 2 heterocycles. The Labute approximate surface area is 211 Å². The van der Waals surface area contributed by atoms with Crippen LogP contribution in [0.25, 0.3) is 0 Å². The number of fused-ring (bicyclic) bond motifs is 1. The molecule has 0 radical (unpaired) electrons. The zero-order valence-electron chi connectivity index (χ0n) is 20.6. The fraction of sp³-hybridized carbons (Fsp3) is 0.433. The molecular weight excluding hydrogens is 454 g/mol. The molecule has 6 heteroatoms. The first-order valence-corrected chi connectivity index (χ1v) is 13.0. The van der Waals surface area contributed by atoms with Gasteiger partial charge in [-0.15, -0.1) is 0 Å². The summed E-state index contributed by atoms with van der Waals surface area (Å²) in [5.41, 5.74) is 4.15. The third-order valence-corrected chi connectivity index (χ3v) is 8.00. The van der Waals surface area contributed by atoms with Crippen LogP contribution in [0.3, 0.4) is 0 Å². The summed E-state index contributed by atoms with van der Waals surface area (Å²) in [6, 6.07) is 15.9. The van der Waals surface area contributed by atoms with Crippen molar-refractivity contribution in [2.75, 3.05) is 6.79 Å². The van der Waals surface area contributed by atoms with Gasteiger partial charge in [0.15, 0.2) is 17.3 Å². The third-order valence-electron chi connectivity index (χ3n) is 8.00. The molecule has 4 aliphatic rings. The monoisotopic (exact) mass is 485 g/mol. The molecule has 2 aliphatic carbocycles. The van der Waals surface area contributed by atoms with Gasteiger partial charge >= 0.3 is 5.97 Å². The second-order valence-corrected chi connectivity index (χ2v) is 10.3. The molecule has 36 heavy (non-hydrogen) atoms. The van der Waals surface area contributed by atoms with Crippen LogP contribution in [0.15, 0.2) is 64.8 Å². The van der Waals surface area contributed by atoms with Gasteiger partial charge in [0.25, 0.3) is 0 Å². The minimum Gasteiger partial charge on any atom is -0.462 e. The Balaban J connectivity index is 1.39. The molecule has 6 nitrogen and oxygen atoms in total. The highest BCUT2D eigenvalue weighted by Gasteiger charge is 2.45. The number of nitrogens with zero attached hydrogens (tertiary/aromatic N) is 1. The molecule has 0 bridgehead atoms. The van der Waals surface area contributed by atoms with Crippen LogP contribution in [0.1, 0.15) is 74.8 Å². The van der Waals surface area contributed by atoms with E-state index in [1.54, 1.807) is 0 Å². The Hall–Kier alpha value is -3.41. The summed E-state index contributed by atoms with van der Waals surface area (Å²) in [5, 5.41) is 0. The van der Waals surface area contributed by atoms with Crippen LogP contribution in [-0.4, -0.2) is 30.4 Å². The van der Waals surface area contributed by atoms with Crippen molar-refractivity contribution in [3.63, 3.8) is 0 Å². The SMILES string of the molecule is CC1=NC2=C(C(=O)C[C@H](c3ccccc3)C2)[C@H](c2ccc3c(c2)OCO3)C1C(=O)OC1CCCCC1. The number of benzene rings is 2. The van der Waals surface area contributed by atoms with E-state index in [2.05, 4.69) is 12.1 Å². The van der Waals surface area contributed by atoms with Gasteiger partial charge in [0.1, 0.15) is 12.0 Å². The van der Waals surface area contributed by atoms with Gasteiger partial charge < -0.3 is 14.2 Å². The Morgan fingerprint density at radius 2 is 1.72 bits per heavy atom. The highest BCUT2D eigenvalue weighted by atomic mass is 16.7. The van der Waals surface area contributed by atoms with Crippen LogP contribution < -0.4 is 9.47 Å². The molecule has 2 aromatic rings. The number of hydrogen-bond acceptors (Lipinski definition) is 6. The highest BCUT2D eigenvalue weighted by molar-refractivity contribution is 6.09. The van der Waals surface area contributed by atoms with Gasteiger partial charge in [0.2, 0.25) is 6.79 Å². The Morgan fingerprint density at radius 3 is 2.53 bits per heavy atom. The lowest BCUT2D eigenvalue weighted by Crippen LogP contribution is -2.39. The minimum atomic E-state index is -0.636. The van der Waals surface area contributed by atoms with Crippen LogP contribution in [0, 0.1) is 5.92 Å². The smallest absolute Gasteiger partial charge is 0.315 e. The number of ether oxygens (including phenoxy) is 3. The van der Waals surface area contributed by atoms with Crippen molar-refractivity contribution in [1.82, 2.24) is 0 Å². The second kappa shape index (κ2) is 9.57. The topological polar surface area (TPSA) is 74.2 Å². The fourth-order valence-electron chi connectivity index (χ4n) is 6.21. The van der Waals surface area contributed by atoms with E-state index in [-0.39, 0.29) is 30.6 Å². The van der Waals surface area contributed by atoms with Crippen molar-refractivity contribution in [3.8, 4) is 11.5 Å². The third kappa shape index (κ3) is 4.23. The first-order chi connectivity index (χ1) is 17.6. The van der Waals surface area contributed by atoms with E-state index >= 15 is 0 Å². The number of allylic oxidation sites excluding steroid dienone is 2. The lowest BCUT2D eigenvalue weighted by Gasteiger charge is -2.37. The van der Waals surface area contributed by atoms with Crippen molar-refractivity contribution >= 4 is 17.5 Å². The molecule has 0 N–H and O–H groups in total. The van der Waals surface area contributed by atoms with E-state index in [4.69, 9.17) is 19.2 Å². The summed E-state index contributed by atoms with van der Waals surface area (Å²) >= 11 is 0. The molecule has 2 aliphatic heterocycles. The molecule has 186 valence electrons. The van der Waals surface area contributed by atoms with Crippen LogP contribution >= 0.6 is 0 Å². The number of carbonyl (C=O) groups excluding carboxylic acids is 2. The van der Waals surface area contributed by atoms with E-state index in [1.165, 1.54) is 6.42 Å². The van der Waals surface area contributed by atoms with Gasteiger partial charge in [-0.3, -0.25) is 14.6 Å². The van der Waals surface area contributed by atoms with E-state index < -0.39 is 11.8 Å². The average molecular weight is 486 g/mol. The van der Waals surface area contributed by atoms with Gasteiger partial charge in [0, 0.05) is 29.3 Å².